The molecule has 4 rings (SSSR count). The van der Waals surface area contributed by atoms with Gasteiger partial charge in [0.2, 0.25) is 5.91 Å². The van der Waals surface area contributed by atoms with Crippen molar-refractivity contribution in [3.05, 3.63) is 33.8 Å². The Labute approximate surface area is 177 Å². The van der Waals surface area contributed by atoms with Gasteiger partial charge in [-0.3, -0.25) is 4.79 Å². The van der Waals surface area contributed by atoms with Crippen LogP contribution < -0.4 is 5.73 Å². The van der Waals surface area contributed by atoms with Crippen LogP contribution in [0.25, 0.3) is 0 Å². The van der Waals surface area contributed by atoms with Crippen LogP contribution in [0.15, 0.2) is 18.2 Å². The van der Waals surface area contributed by atoms with Crippen LogP contribution in [0.5, 0.6) is 0 Å². The van der Waals surface area contributed by atoms with Crippen LogP contribution in [0.3, 0.4) is 0 Å². The van der Waals surface area contributed by atoms with E-state index in [0.717, 1.165) is 37.9 Å². The Kier molecular flexibility index (Phi) is 6.97. The molecular formula is C20H27Cl3N2O2. The van der Waals surface area contributed by atoms with Crippen LogP contribution in [0.2, 0.25) is 10.0 Å². The Bertz CT molecular complexity index is 677. The molecule has 2 saturated carbocycles. The Morgan fingerprint density at radius 1 is 1.11 bits per heavy atom. The van der Waals surface area contributed by atoms with Crippen molar-refractivity contribution in [1.82, 2.24) is 4.90 Å². The number of carbonyl (C=O) groups is 1. The topological polar surface area (TPSA) is 55.6 Å². The second-order valence-electron chi connectivity index (χ2n) is 8.02. The lowest BCUT2D eigenvalue weighted by molar-refractivity contribution is -0.140. The number of hydrogen-bond acceptors (Lipinski definition) is 3. The number of rotatable bonds is 4. The number of nitrogens with zero attached hydrogens (tertiary/aromatic N) is 1. The Morgan fingerprint density at radius 2 is 1.81 bits per heavy atom. The molecule has 2 bridgehead atoms. The number of likely N-dealkylation sites (tertiary alicyclic amines) is 1. The summed E-state index contributed by atoms with van der Waals surface area (Å²) in [6, 6.07) is 5.65. The Morgan fingerprint density at radius 3 is 2.44 bits per heavy atom. The minimum Gasteiger partial charge on any atom is -0.373 e. The normalized spacial score (nSPS) is 30.4. The smallest absolute Gasteiger partial charge is 0.227 e. The molecule has 1 aromatic rings. The Balaban J connectivity index is 0.00000210. The van der Waals surface area contributed by atoms with Gasteiger partial charge >= 0.3 is 0 Å². The molecule has 1 aromatic carbocycles. The van der Waals surface area contributed by atoms with Gasteiger partial charge in [0.05, 0.1) is 28.7 Å². The summed E-state index contributed by atoms with van der Waals surface area (Å²) in [6.07, 6.45) is 5.48. The lowest BCUT2D eigenvalue weighted by Gasteiger charge is -2.37. The second-order valence-corrected chi connectivity index (χ2v) is 8.83. The first-order valence-corrected chi connectivity index (χ1v) is 10.4. The molecule has 7 heteroatoms. The zero-order valence-corrected chi connectivity index (χ0v) is 17.6. The SMILES string of the molecule is Cl.NC1C2CCC(C2)C1C(=O)N1CCC(OCc2ccc(Cl)c(Cl)c2)CC1. The molecule has 0 spiro atoms. The maximum Gasteiger partial charge on any atom is 0.227 e. The van der Waals surface area contributed by atoms with E-state index in [1.807, 2.05) is 17.0 Å². The largest absolute Gasteiger partial charge is 0.373 e. The fourth-order valence-corrected chi connectivity index (χ4v) is 5.32. The highest BCUT2D eigenvalue weighted by Gasteiger charge is 2.50. The van der Waals surface area contributed by atoms with Crippen molar-refractivity contribution < 1.29 is 9.53 Å². The molecule has 0 radical (unpaired) electrons. The predicted molar refractivity (Wildman–Crippen MR) is 110 cm³/mol. The number of ether oxygens (including phenoxy) is 1. The first kappa shape index (κ1) is 21.2. The minimum atomic E-state index is 0. The fourth-order valence-electron chi connectivity index (χ4n) is 5.00. The van der Waals surface area contributed by atoms with Gasteiger partial charge in [-0.05, 0) is 61.6 Å². The van der Waals surface area contributed by atoms with Gasteiger partial charge in [-0.1, -0.05) is 29.3 Å². The van der Waals surface area contributed by atoms with E-state index in [9.17, 15) is 4.79 Å². The molecule has 0 aromatic heterocycles. The predicted octanol–water partition coefficient (Wildman–Crippen LogP) is 4.30. The van der Waals surface area contributed by atoms with Crippen molar-refractivity contribution in [3.8, 4) is 0 Å². The molecule has 4 unspecified atom stereocenters. The number of hydrogen-bond donors (Lipinski definition) is 1. The number of nitrogens with two attached hydrogens (primary N) is 1. The summed E-state index contributed by atoms with van der Waals surface area (Å²) in [6.45, 7) is 2.06. The third kappa shape index (κ3) is 4.40. The monoisotopic (exact) mass is 432 g/mol. The summed E-state index contributed by atoms with van der Waals surface area (Å²) in [5.74, 6) is 1.43. The van der Waals surface area contributed by atoms with Crippen LogP contribution >= 0.6 is 35.6 Å². The summed E-state index contributed by atoms with van der Waals surface area (Å²) in [5.41, 5.74) is 7.36. The van der Waals surface area contributed by atoms with Crippen molar-refractivity contribution in [2.24, 2.45) is 23.5 Å². The zero-order valence-electron chi connectivity index (χ0n) is 15.3. The lowest BCUT2D eigenvalue weighted by Crippen LogP contribution is -2.50. The van der Waals surface area contributed by atoms with Gasteiger partial charge in [0.1, 0.15) is 0 Å². The minimum absolute atomic E-state index is 0. The van der Waals surface area contributed by atoms with Gasteiger partial charge in [-0.15, -0.1) is 12.4 Å². The van der Waals surface area contributed by atoms with Gasteiger partial charge < -0.3 is 15.4 Å². The summed E-state index contributed by atoms with van der Waals surface area (Å²) in [5, 5.41) is 1.11. The average molecular weight is 434 g/mol. The molecule has 2 N–H and O–H groups in total. The van der Waals surface area contributed by atoms with E-state index in [1.165, 1.54) is 12.8 Å². The quantitative estimate of drug-likeness (QED) is 0.770. The molecule has 3 aliphatic rings. The van der Waals surface area contributed by atoms with Gasteiger partial charge in [0.25, 0.3) is 0 Å². The van der Waals surface area contributed by atoms with Gasteiger partial charge in [0, 0.05) is 19.1 Å². The van der Waals surface area contributed by atoms with Crippen LogP contribution in [0.4, 0.5) is 0 Å². The second kappa shape index (κ2) is 8.87. The molecule has 1 saturated heterocycles. The summed E-state index contributed by atoms with van der Waals surface area (Å²) < 4.78 is 6.02. The van der Waals surface area contributed by atoms with Crippen molar-refractivity contribution >= 4 is 41.5 Å². The molecule has 1 heterocycles. The first-order valence-electron chi connectivity index (χ1n) is 9.63. The molecule has 2 aliphatic carbocycles. The van der Waals surface area contributed by atoms with E-state index in [4.69, 9.17) is 33.7 Å². The molecule has 1 aliphatic heterocycles. The maximum atomic E-state index is 12.9. The van der Waals surface area contributed by atoms with Crippen LogP contribution in [-0.2, 0) is 16.1 Å². The van der Waals surface area contributed by atoms with Gasteiger partial charge in [0.15, 0.2) is 0 Å². The number of halogens is 3. The third-order valence-corrected chi connectivity index (χ3v) is 7.23. The summed E-state index contributed by atoms with van der Waals surface area (Å²) in [7, 11) is 0. The highest BCUT2D eigenvalue weighted by Crippen LogP contribution is 2.48. The summed E-state index contributed by atoms with van der Waals surface area (Å²) in [4.78, 5) is 15.0. The number of piperidine rings is 1. The number of benzene rings is 1. The van der Waals surface area contributed by atoms with E-state index in [1.54, 1.807) is 6.07 Å². The molecule has 4 nitrogen and oxygen atoms in total. The standard InChI is InChI=1S/C20H26Cl2N2O2.ClH/c21-16-4-1-12(9-17(16)22)11-26-15-5-7-24(8-6-15)20(25)18-13-2-3-14(10-13)19(18)23;/h1,4,9,13-15,18-19H,2-3,5-8,10-11,23H2;1H. The molecule has 150 valence electrons. The van der Waals surface area contributed by atoms with Crippen LogP contribution in [0.1, 0.15) is 37.7 Å². The fraction of sp³-hybridized carbons (Fsp3) is 0.650. The first-order chi connectivity index (χ1) is 12.5. The zero-order chi connectivity index (χ0) is 18.3. The van der Waals surface area contributed by atoms with Gasteiger partial charge in [-0.25, -0.2) is 0 Å². The number of amides is 1. The van der Waals surface area contributed by atoms with Crippen molar-refractivity contribution in [1.29, 1.82) is 0 Å². The molecule has 1 amide bonds. The molecule has 27 heavy (non-hydrogen) atoms. The lowest BCUT2D eigenvalue weighted by atomic mass is 9.83. The van der Waals surface area contributed by atoms with Crippen molar-refractivity contribution in [3.63, 3.8) is 0 Å². The highest BCUT2D eigenvalue weighted by molar-refractivity contribution is 6.42. The van der Waals surface area contributed by atoms with E-state index in [2.05, 4.69) is 0 Å². The average Bonchev–Trinajstić information content (AvgIpc) is 3.24. The molecule has 4 atom stereocenters. The number of carbonyl (C=O) groups excluding carboxylic acids is 1. The van der Waals surface area contributed by atoms with E-state index in [0.29, 0.717) is 28.5 Å². The number of fused-ring (bicyclic) bond motifs is 2. The van der Waals surface area contributed by atoms with Crippen LogP contribution in [0, 0.1) is 17.8 Å². The summed E-state index contributed by atoms with van der Waals surface area (Å²) >= 11 is 12.0. The highest BCUT2D eigenvalue weighted by atomic mass is 35.5. The van der Waals surface area contributed by atoms with E-state index >= 15 is 0 Å². The van der Waals surface area contributed by atoms with Gasteiger partial charge in [-0.2, -0.15) is 0 Å². The molecular weight excluding hydrogens is 407 g/mol. The van der Waals surface area contributed by atoms with E-state index in [-0.39, 0.29) is 36.4 Å². The molecule has 3 fully saturated rings. The third-order valence-electron chi connectivity index (χ3n) is 6.49. The van der Waals surface area contributed by atoms with Crippen molar-refractivity contribution in [2.45, 2.75) is 50.9 Å². The van der Waals surface area contributed by atoms with Crippen molar-refractivity contribution in [2.75, 3.05) is 13.1 Å². The van der Waals surface area contributed by atoms with Crippen LogP contribution in [-0.4, -0.2) is 36.0 Å². The maximum absolute atomic E-state index is 12.9. The Hall–Kier alpha value is -0.520. The van der Waals surface area contributed by atoms with E-state index < -0.39 is 0 Å².